The zero-order valence-corrected chi connectivity index (χ0v) is 14.7. The molecule has 0 unspecified atom stereocenters. The van der Waals surface area contributed by atoms with Gasteiger partial charge in [0.2, 0.25) is 0 Å². The number of hydrogen-bond acceptors (Lipinski definition) is 3. The Hall–Kier alpha value is -1.56. The number of carbonyl (C=O) groups excluding carboxylic acids is 1. The second kappa shape index (κ2) is 7.34. The van der Waals surface area contributed by atoms with E-state index in [1.54, 1.807) is 24.3 Å². The van der Waals surface area contributed by atoms with Crippen molar-refractivity contribution in [2.75, 3.05) is 4.72 Å². The third-order valence-electron chi connectivity index (χ3n) is 3.12. The van der Waals surface area contributed by atoms with Crippen molar-refractivity contribution in [3.63, 3.8) is 0 Å². The number of nitrogens with one attached hydrogen (secondary N) is 1. The van der Waals surface area contributed by atoms with Gasteiger partial charge in [0.1, 0.15) is 4.90 Å². The van der Waals surface area contributed by atoms with Crippen molar-refractivity contribution in [2.45, 2.75) is 24.7 Å². The van der Waals surface area contributed by atoms with Gasteiger partial charge in [-0.3, -0.25) is 9.52 Å². The van der Waals surface area contributed by atoms with Gasteiger partial charge < -0.3 is 0 Å². The summed E-state index contributed by atoms with van der Waals surface area (Å²) in [5.41, 5.74) is 0.906. The Morgan fingerprint density at radius 1 is 1.09 bits per heavy atom. The molecule has 2 rings (SSSR count). The maximum Gasteiger partial charge on any atom is 0.263 e. The molecule has 0 atom stereocenters. The van der Waals surface area contributed by atoms with E-state index in [1.165, 1.54) is 18.2 Å². The first-order chi connectivity index (χ1) is 10.8. The summed E-state index contributed by atoms with van der Waals surface area (Å²) in [4.78, 5) is 11.7. The smallest absolute Gasteiger partial charge is 0.263 e. The zero-order valence-electron chi connectivity index (χ0n) is 12.3. The van der Waals surface area contributed by atoms with Crippen LogP contribution in [0, 0.1) is 0 Å². The van der Waals surface area contributed by atoms with Gasteiger partial charge in [-0.1, -0.05) is 30.1 Å². The third kappa shape index (κ3) is 4.47. The highest BCUT2D eigenvalue weighted by atomic mass is 35.5. The van der Waals surface area contributed by atoms with Gasteiger partial charge in [0, 0.05) is 22.7 Å². The molecule has 122 valence electrons. The fourth-order valence-electron chi connectivity index (χ4n) is 2.00. The van der Waals surface area contributed by atoms with Crippen LogP contribution in [0.4, 0.5) is 5.69 Å². The maximum absolute atomic E-state index is 12.3. The van der Waals surface area contributed by atoms with Crippen molar-refractivity contribution in [1.82, 2.24) is 0 Å². The van der Waals surface area contributed by atoms with Crippen molar-refractivity contribution in [3.05, 3.63) is 58.1 Å². The van der Waals surface area contributed by atoms with Crippen LogP contribution in [0.15, 0.2) is 47.4 Å². The summed E-state index contributed by atoms with van der Waals surface area (Å²) in [6.07, 6.45) is 1.23. The number of rotatable bonds is 6. The molecular weight excluding hydrogens is 357 g/mol. The number of anilines is 1. The van der Waals surface area contributed by atoms with E-state index in [4.69, 9.17) is 23.2 Å². The molecule has 0 aliphatic carbocycles. The van der Waals surface area contributed by atoms with Crippen LogP contribution >= 0.6 is 23.2 Å². The molecule has 23 heavy (non-hydrogen) atoms. The minimum Gasteiger partial charge on any atom is -0.294 e. The minimum atomic E-state index is -3.83. The van der Waals surface area contributed by atoms with Crippen molar-refractivity contribution in [1.29, 1.82) is 0 Å². The van der Waals surface area contributed by atoms with E-state index in [2.05, 4.69) is 4.72 Å². The standard InChI is InChI=1S/C16H15Cl2NO3S/c1-2-3-15(20)11-4-7-13(8-5-11)19-23(21,22)16-9-6-12(17)10-14(16)18/h4-10,19H,2-3H2,1H3. The number of ketones is 1. The lowest BCUT2D eigenvalue weighted by atomic mass is 10.1. The van der Waals surface area contributed by atoms with Gasteiger partial charge in [-0.05, 0) is 48.9 Å². The monoisotopic (exact) mass is 371 g/mol. The van der Waals surface area contributed by atoms with E-state index >= 15 is 0 Å². The lowest BCUT2D eigenvalue weighted by molar-refractivity contribution is 0.0982. The number of benzene rings is 2. The molecule has 4 nitrogen and oxygen atoms in total. The van der Waals surface area contributed by atoms with Gasteiger partial charge in [0.25, 0.3) is 10.0 Å². The molecule has 0 radical (unpaired) electrons. The SMILES string of the molecule is CCCC(=O)c1ccc(NS(=O)(=O)c2ccc(Cl)cc2Cl)cc1. The highest BCUT2D eigenvalue weighted by Gasteiger charge is 2.18. The Morgan fingerprint density at radius 2 is 1.74 bits per heavy atom. The van der Waals surface area contributed by atoms with Crippen LogP contribution in [-0.2, 0) is 10.0 Å². The molecule has 0 heterocycles. The van der Waals surface area contributed by atoms with Crippen LogP contribution < -0.4 is 4.72 Å². The topological polar surface area (TPSA) is 63.2 Å². The Labute approximate surface area is 145 Å². The van der Waals surface area contributed by atoms with Gasteiger partial charge in [-0.15, -0.1) is 0 Å². The number of carbonyl (C=O) groups is 1. The second-order valence-electron chi connectivity index (χ2n) is 4.93. The fraction of sp³-hybridized carbons (Fsp3) is 0.188. The van der Waals surface area contributed by atoms with Crippen molar-refractivity contribution < 1.29 is 13.2 Å². The molecule has 0 aromatic heterocycles. The van der Waals surface area contributed by atoms with Gasteiger partial charge in [0.15, 0.2) is 5.78 Å². The Morgan fingerprint density at radius 3 is 2.30 bits per heavy atom. The van der Waals surface area contributed by atoms with Gasteiger partial charge >= 0.3 is 0 Å². The van der Waals surface area contributed by atoms with Crippen LogP contribution in [0.5, 0.6) is 0 Å². The summed E-state index contributed by atoms with van der Waals surface area (Å²) in [5.74, 6) is 0.0302. The van der Waals surface area contributed by atoms with Crippen LogP contribution in [0.25, 0.3) is 0 Å². The first-order valence-electron chi connectivity index (χ1n) is 6.94. The van der Waals surface area contributed by atoms with Crippen LogP contribution in [-0.4, -0.2) is 14.2 Å². The lowest BCUT2D eigenvalue weighted by Gasteiger charge is -2.10. The number of Topliss-reactive ketones (excluding diaryl/α,β-unsaturated/α-hetero) is 1. The van der Waals surface area contributed by atoms with Gasteiger partial charge in [0.05, 0.1) is 5.02 Å². The highest BCUT2D eigenvalue weighted by Crippen LogP contribution is 2.26. The quantitative estimate of drug-likeness (QED) is 0.743. The molecule has 0 saturated carbocycles. The van der Waals surface area contributed by atoms with E-state index < -0.39 is 10.0 Å². The summed E-state index contributed by atoms with van der Waals surface area (Å²) in [6, 6.07) is 10.4. The molecular formula is C16H15Cl2NO3S. The molecule has 0 bridgehead atoms. The van der Waals surface area contributed by atoms with E-state index in [9.17, 15) is 13.2 Å². The van der Waals surface area contributed by atoms with Gasteiger partial charge in [-0.2, -0.15) is 0 Å². The van der Waals surface area contributed by atoms with E-state index in [1.807, 2.05) is 6.92 Å². The van der Waals surface area contributed by atoms with Crippen molar-refractivity contribution in [3.8, 4) is 0 Å². The molecule has 2 aromatic rings. The summed E-state index contributed by atoms with van der Waals surface area (Å²) in [6.45, 7) is 1.93. The molecule has 0 saturated heterocycles. The molecule has 0 fully saturated rings. The maximum atomic E-state index is 12.3. The first kappa shape index (κ1) is 17.8. The number of halogens is 2. The Balaban J connectivity index is 2.22. The van der Waals surface area contributed by atoms with Crippen LogP contribution in [0.2, 0.25) is 10.0 Å². The molecule has 1 N–H and O–H groups in total. The third-order valence-corrected chi connectivity index (χ3v) is 5.22. The summed E-state index contributed by atoms with van der Waals surface area (Å²) < 4.78 is 27.1. The highest BCUT2D eigenvalue weighted by molar-refractivity contribution is 7.92. The van der Waals surface area contributed by atoms with E-state index in [0.29, 0.717) is 22.7 Å². The molecule has 0 aliphatic heterocycles. The summed E-state index contributed by atoms with van der Waals surface area (Å²) in [7, 11) is -3.83. The number of sulfonamides is 1. The van der Waals surface area contributed by atoms with Crippen LogP contribution in [0.3, 0.4) is 0 Å². The predicted molar refractivity (Wildman–Crippen MR) is 93.0 cm³/mol. The fourth-order valence-corrected chi connectivity index (χ4v) is 3.83. The summed E-state index contributed by atoms with van der Waals surface area (Å²) in [5, 5.41) is 0.396. The zero-order chi connectivity index (χ0) is 17.0. The van der Waals surface area contributed by atoms with E-state index in [0.717, 1.165) is 6.42 Å². The van der Waals surface area contributed by atoms with Crippen molar-refractivity contribution >= 4 is 44.7 Å². The molecule has 7 heteroatoms. The normalized spacial score (nSPS) is 11.3. The second-order valence-corrected chi connectivity index (χ2v) is 7.43. The van der Waals surface area contributed by atoms with Crippen LogP contribution in [0.1, 0.15) is 30.1 Å². The Bertz CT molecular complexity index is 818. The Kier molecular flexibility index (Phi) is 5.68. The molecule has 2 aromatic carbocycles. The molecule has 0 aliphatic rings. The average molecular weight is 372 g/mol. The first-order valence-corrected chi connectivity index (χ1v) is 9.18. The lowest BCUT2D eigenvalue weighted by Crippen LogP contribution is -2.13. The van der Waals surface area contributed by atoms with E-state index in [-0.39, 0.29) is 15.7 Å². The largest absolute Gasteiger partial charge is 0.294 e. The minimum absolute atomic E-state index is 0.0302. The van der Waals surface area contributed by atoms with Crippen molar-refractivity contribution in [2.24, 2.45) is 0 Å². The summed E-state index contributed by atoms with van der Waals surface area (Å²) >= 11 is 11.7. The van der Waals surface area contributed by atoms with Gasteiger partial charge in [-0.25, -0.2) is 8.42 Å². The molecule has 0 spiro atoms. The average Bonchev–Trinajstić information content (AvgIpc) is 2.47. The predicted octanol–water partition coefficient (Wildman–Crippen LogP) is 4.78. The number of hydrogen-bond donors (Lipinski definition) is 1. The molecule has 0 amide bonds.